The summed E-state index contributed by atoms with van der Waals surface area (Å²) in [5, 5.41) is 18.3. The number of nitrogens with one attached hydrogen (secondary N) is 2. The Morgan fingerprint density at radius 2 is 1.90 bits per heavy atom. The Bertz CT molecular complexity index is 1780. The summed E-state index contributed by atoms with van der Waals surface area (Å²) in [6, 6.07) is 5.84. The number of ether oxygens (including phenoxy) is 2. The maximum Gasteiger partial charge on any atom is 0.419 e. The quantitative estimate of drug-likeness (QED) is 0.145. The van der Waals surface area contributed by atoms with E-state index in [4.69, 9.17) is 20.9 Å². The van der Waals surface area contributed by atoms with Gasteiger partial charge in [-0.25, -0.2) is 4.39 Å². The van der Waals surface area contributed by atoms with Crippen LogP contribution in [0.1, 0.15) is 66.6 Å². The van der Waals surface area contributed by atoms with Crippen LogP contribution in [-0.2, 0) is 21.2 Å². The molecule has 2 aromatic carbocycles. The van der Waals surface area contributed by atoms with Gasteiger partial charge >= 0.3 is 6.18 Å². The highest BCUT2D eigenvalue weighted by molar-refractivity contribution is 5.99. The van der Waals surface area contributed by atoms with Crippen molar-refractivity contribution in [3.8, 4) is 5.75 Å². The first-order valence-electron chi connectivity index (χ1n) is 15.6. The van der Waals surface area contributed by atoms with Crippen molar-refractivity contribution in [1.29, 1.82) is 0 Å². The van der Waals surface area contributed by atoms with Crippen molar-refractivity contribution in [2.45, 2.75) is 62.9 Å². The minimum atomic E-state index is -4.99. The number of aliphatic hydroxyl groups is 1. The molecule has 2 heterocycles. The lowest BCUT2D eigenvalue weighted by atomic mass is 9.74. The molecule has 256 valence electrons. The number of amides is 2. The number of anilines is 1. The molecule has 6 rings (SSSR count). The highest BCUT2D eigenvalue weighted by Crippen LogP contribution is 2.52. The van der Waals surface area contributed by atoms with Crippen LogP contribution in [0.5, 0.6) is 5.75 Å². The number of benzene rings is 2. The van der Waals surface area contributed by atoms with Crippen LogP contribution in [0.15, 0.2) is 58.4 Å². The SMILES string of the molecule is COc1cc(C(=O)NC[C@](O)(C2=CC3=C(OC[C@]3(C)C(N)=O)C(C)(c3ccc(F)c(C(F)(F)F)c3)N2)C2CC2)cc(C=NC2CC2)c1N. The standard InChI is InChI=1S/C34H37F4N5O5/c1-31(30(40)45)16-48-28-23(31)13-26(43-32(28,2)20-6-9-24(35)22(12-20)34(36,37)38)33(46,19-4-5-19)15-42-29(44)17-10-18(14-41-21-7-8-21)27(39)25(11-17)47-3/h6,9-14,19,21,43,46H,4-5,7-8,15-16,39H2,1-3H3,(H2,40,45)(H,42,44)/t31-,32?,33+/m0/s1. The summed E-state index contributed by atoms with van der Waals surface area (Å²) in [6.07, 6.45) is 1.26. The van der Waals surface area contributed by atoms with Crippen molar-refractivity contribution in [1.82, 2.24) is 10.6 Å². The monoisotopic (exact) mass is 671 g/mol. The van der Waals surface area contributed by atoms with E-state index in [1.165, 1.54) is 32.2 Å². The lowest BCUT2D eigenvalue weighted by Gasteiger charge is -2.43. The number of halogens is 4. The minimum absolute atomic E-state index is 0.0282. The van der Waals surface area contributed by atoms with Crippen LogP contribution in [0.4, 0.5) is 23.2 Å². The number of rotatable bonds is 10. The molecule has 2 aliphatic carbocycles. The first-order chi connectivity index (χ1) is 22.5. The maximum absolute atomic E-state index is 14.4. The molecule has 2 saturated carbocycles. The number of hydrogen-bond acceptors (Lipinski definition) is 8. The zero-order chi connectivity index (χ0) is 34.8. The van der Waals surface area contributed by atoms with Crippen molar-refractivity contribution >= 4 is 23.7 Å². The average Bonchev–Trinajstić information content (AvgIpc) is 3.97. The lowest BCUT2D eigenvalue weighted by molar-refractivity contribution is -0.140. The number of dihydropyridines is 1. The summed E-state index contributed by atoms with van der Waals surface area (Å²) in [5.74, 6) is -2.72. The van der Waals surface area contributed by atoms with Crippen LogP contribution in [0.3, 0.4) is 0 Å². The number of hydrogen-bond donors (Lipinski definition) is 5. The lowest BCUT2D eigenvalue weighted by Crippen LogP contribution is -2.55. The van der Waals surface area contributed by atoms with Crippen LogP contribution in [0.25, 0.3) is 0 Å². The molecule has 4 aliphatic rings. The first-order valence-corrected chi connectivity index (χ1v) is 15.6. The molecule has 14 heteroatoms. The van der Waals surface area contributed by atoms with E-state index >= 15 is 0 Å². The normalized spacial score (nSPS) is 25.1. The second-order valence-electron chi connectivity index (χ2n) is 13.3. The van der Waals surface area contributed by atoms with E-state index in [1.54, 1.807) is 19.2 Å². The second kappa shape index (κ2) is 11.5. The molecule has 48 heavy (non-hydrogen) atoms. The van der Waals surface area contributed by atoms with Gasteiger partial charge in [0, 0.05) is 28.6 Å². The van der Waals surface area contributed by atoms with Crippen LogP contribution >= 0.6 is 0 Å². The number of nitrogens with zero attached hydrogens (tertiary/aromatic N) is 1. The fourth-order valence-corrected chi connectivity index (χ4v) is 6.26. The van der Waals surface area contributed by atoms with Crippen LogP contribution in [0.2, 0.25) is 0 Å². The van der Waals surface area contributed by atoms with Crippen molar-refractivity contribution < 1.29 is 41.7 Å². The van der Waals surface area contributed by atoms with E-state index in [9.17, 15) is 32.3 Å². The summed E-state index contributed by atoms with van der Waals surface area (Å²) in [6.45, 7) is 2.55. The van der Waals surface area contributed by atoms with E-state index in [-0.39, 0.29) is 59.0 Å². The summed E-state index contributed by atoms with van der Waals surface area (Å²) in [4.78, 5) is 30.7. The van der Waals surface area contributed by atoms with Gasteiger partial charge in [-0.3, -0.25) is 14.6 Å². The number of nitrogens with two attached hydrogens (primary N) is 2. The van der Waals surface area contributed by atoms with Gasteiger partial charge in [0.25, 0.3) is 5.91 Å². The molecule has 2 aromatic rings. The van der Waals surface area contributed by atoms with Gasteiger partial charge in [0.2, 0.25) is 5.91 Å². The zero-order valence-electron chi connectivity index (χ0n) is 26.6. The highest BCUT2D eigenvalue weighted by atomic mass is 19.4. The third kappa shape index (κ3) is 5.75. The number of nitrogen functional groups attached to an aromatic ring is 1. The second-order valence-corrected chi connectivity index (χ2v) is 13.3. The van der Waals surface area contributed by atoms with Gasteiger partial charge < -0.3 is 36.7 Å². The van der Waals surface area contributed by atoms with Crippen LogP contribution in [0, 0.1) is 17.2 Å². The first kappa shape index (κ1) is 33.3. The number of allylic oxidation sites excluding steroid dienone is 1. The topological polar surface area (TPSA) is 161 Å². The smallest absolute Gasteiger partial charge is 0.419 e. The van der Waals surface area contributed by atoms with E-state index < -0.39 is 45.9 Å². The molecular weight excluding hydrogens is 634 g/mol. The predicted molar refractivity (Wildman–Crippen MR) is 168 cm³/mol. The third-order valence-corrected chi connectivity index (χ3v) is 9.73. The van der Waals surface area contributed by atoms with Crippen molar-refractivity contribution in [3.05, 3.63) is 81.5 Å². The number of methoxy groups -OCH3 is 1. The van der Waals surface area contributed by atoms with E-state index in [0.29, 0.717) is 36.2 Å². The van der Waals surface area contributed by atoms with Crippen molar-refractivity contribution in [2.24, 2.45) is 22.1 Å². The Morgan fingerprint density at radius 1 is 1.19 bits per heavy atom. The van der Waals surface area contributed by atoms with Gasteiger partial charge in [0.1, 0.15) is 40.5 Å². The Hall–Kier alpha value is -4.59. The molecule has 0 radical (unpaired) electrons. The van der Waals surface area contributed by atoms with Gasteiger partial charge in [-0.05, 0) is 81.4 Å². The van der Waals surface area contributed by atoms with Gasteiger partial charge in [-0.15, -0.1) is 0 Å². The number of alkyl halides is 3. The van der Waals surface area contributed by atoms with Gasteiger partial charge in [0.05, 0.1) is 30.9 Å². The number of carbonyl (C=O) groups is 2. The predicted octanol–water partition coefficient (Wildman–Crippen LogP) is 4.07. The van der Waals surface area contributed by atoms with Gasteiger partial charge in [-0.2, -0.15) is 13.2 Å². The molecular formula is C34H37F4N5O5. The fraction of sp³-hybridized carbons (Fsp3) is 0.441. The van der Waals surface area contributed by atoms with Crippen LogP contribution < -0.4 is 26.8 Å². The van der Waals surface area contributed by atoms with E-state index in [1.807, 2.05) is 0 Å². The molecule has 0 bridgehead atoms. The minimum Gasteiger partial charge on any atom is -0.495 e. The molecule has 2 aliphatic heterocycles. The summed E-state index contributed by atoms with van der Waals surface area (Å²) in [5.41, 5.74) is 7.15. The maximum atomic E-state index is 14.4. The Morgan fingerprint density at radius 3 is 2.50 bits per heavy atom. The summed E-state index contributed by atoms with van der Waals surface area (Å²) < 4.78 is 67.1. The van der Waals surface area contributed by atoms with Crippen molar-refractivity contribution in [2.75, 3.05) is 26.0 Å². The molecule has 3 atom stereocenters. The highest BCUT2D eigenvalue weighted by Gasteiger charge is 2.56. The number of primary amides is 1. The average molecular weight is 672 g/mol. The zero-order valence-corrected chi connectivity index (χ0v) is 26.6. The van der Waals surface area contributed by atoms with Crippen molar-refractivity contribution in [3.63, 3.8) is 0 Å². The molecule has 2 amide bonds. The Labute approximate surface area is 274 Å². The third-order valence-electron chi connectivity index (χ3n) is 9.73. The number of aliphatic imine (C=N–C) groups is 1. The molecule has 0 aromatic heterocycles. The Kier molecular flexibility index (Phi) is 8.00. The largest absolute Gasteiger partial charge is 0.495 e. The summed E-state index contributed by atoms with van der Waals surface area (Å²) in [7, 11) is 1.42. The van der Waals surface area contributed by atoms with Gasteiger partial charge in [-0.1, -0.05) is 6.07 Å². The molecule has 2 fully saturated rings. The summed E-state index contributed by atoms with van der Waals surface area (Å²) >= 11 is 0. The number of carbonyl (C=O) groups excluding carboxylic acids is 2. The molecule has 10 nitrogen and oxygen atoms in total. The van der Waals surface area contributed by atoms with Gasteiger partial charge in [0.15, 0.2) is 0 Å². The van der Waals surface area contributed by atoms with Crippen LogP contribution in [-0.4, -0.2) is 55.0 Å². The van der Waals surface area contributed by atoms with E-state index in [0.717, 1.165) is 12.8 Å². The molecule has 0 saturated heterocycles. The molecule has 7 N–H and O–H groups in total. The molecule has 0 spiro atoms. The fourth-order valence-electron chi connectivity index (χ4n) is 6.26. The Balaban J connectivity index is 1.37. The van der Waals surface area contributed by atoms with E-state index in [2.05, 4.69) is 15.6 Å². The molecule has 1 unspecified atom stereocenters.